The molecule has 0 bridgehead atoms. The lowest BCUT2D eigenvalue weighted by molar-refractivity contribution is 0.327. The van der Waals surface area contributed by atoms with E-state index < -0.39 is 0 Å². The van der Waals surface area contributed by atoms with E-state index in [1.54, 1.807) is 0 Å². The first-order valence-electron chi connectivity index (χ1n) is 7.25. The summed E-state index contributed by atoms with van der Waals surface area (Å²) in [7, 11) is 0. The van der Waals surface area contributed by atoms with E-state index in [4.69, 9.17) is 0 Å². The van der Waals surface area contributed by atoms with Gasteiger partial charge in [0.05, 0.1) is 0 Å². The molecule has 0 aromatic carbocycles. The third-order valence-electron chi connectivity index (χ3n) is 4.45. The molecule has 0 aromatic rings. The first-order chi connectivity index (χ1) is 7.75. The van der Waals surface area contributed by atoms with Gasteiger partial charge in [-0.1, -0.05) is 12.8 Å². The predicted molar refractivity (Wildman–Crippen MR) is 69.7 cm³/mol. The maximum Gasteiger partial charge on any atom is 0.00822 e. The quantitative estimate of drug-likeness (QED) is 0.750. The Morgan fingerprint density at radius 2 is 1.88 bits per heavy atom. The maximum atomic E-state index is 3.81. The minimum absolute atomic E-state index is 0.672. The molecule has 1 heterocycles. The van der Waals surface area contributed by atoms with Crippen molar-refractivity contribution < 1.29 is 0 Å². The lowest BCUT2D eigenvalue weighted by Crippen LogP contribution is -2.41. The van der Waals surface area contributed by atoms with Gasteiger partial charge >= 0.3 is 0 Å². The molecule has 1 saturated carbocycles. The molecule has 16 heavy (non-hydrogen) atoms. The molecule has 1 aliphatic carbocycles. The topological polar surface area (TPSA) is 24.1 Å². The van der Waals surface area contributed by atoms with Crippen LogP contribution in [0.25, 0.3) is 0 Å². The van der Waals surface area contributed by atoms with Crippen LogP contribution in [0.1, 0.15) is 58.8 Å². The maximum absolute atomic E-state index is 3.81. The second-order valence-corrected chi connectivity index (χ2v) is 5.93. The molecule has 1 aliphatic heterocycles. The molecule has 3 atom stereocenters. The zero-order valence-electron chi connectivity index (χ0n) is 11.0. The van der Waals surface area contributed by atoms with Crippen molar-refractivity contribution >= 4 is 0 Å². The van der Waals surface area contributed by atoms with Crippen molar-refractivity contribution in [1.82, 2.24) is 10.6 Å². The van der Waals surface area contributed by atoms with Crippen molar-refractivity contribution in [1.29, 1.82) is 0 Å². The van der Waals surface area contributed by atoms with Crippen molar-refractivity contribution in [2.24, 2.45) is 5.92 Å². The van der Waals surface area contributed by atoms with Crippen LogP contribution in [0.3, 0.4) is 0 Å². The van der Waals surface area contributed by atoms with Crippen LogP contribution >= 0.6 is 0 Å². The number of hydrogen-bond donors (Lipinski definition) is 2. The second-order valence-electron chi connectivity index (χ2n) is 5.93. The molecule has 94 valence electrons. The van der Waals surface area contributed by atoms with Gasteiger partial charge in [0.2, 0.25) is 0 Å². The molecule has 2 unspecified atom stereocenters. The van der Waals surface area contributed by atoms with Gasteiger partial charge < -0.3 is 10.6 Å². The molecule has 0 aromatic heterocycles. The highest BCUT2D eigenvalue weighted by molar-refractivity contribution is 4.83. The van der Waals surface area contributed by atoms with Gasteiger partial charge in [0.15, 0.2) is 0 Å². The average molecular weight is 224 g/mol. The van der Waals surface area contributed by atoms with Gasteiger partial charge in [-0.05, 0) is 58.4 Å². The van der Waals surface area contributed by atoms with Crippen LogP contribution in [0.4, 0.5) is 0 Å². The average Bonchev–Trinajstić information content (AvgIpc) is 2.88. The van der Waals surface area contributed by atoms with Gasteiger partial charge in [-0.2, -0.15) is 0 Å². The van der Waals surface area contributed by atoms with Crippen molar-refractivity contribution in [2.45, 2.75) is 76.9 Å². The van der Waals surface area contributed by atoms with Gasteiger partial charge in [-0.15, -0.1) is 0 Å². The lowest BCUT2D eigenvalue weighted by Gasteiger charge is -2.26. The van der Waals surface area contributed by atoms with Gasteiger partial charge in [0.25, 0.3) is 0 Å². The summed E-state index contributed by atoms with van der Waals surface area (Å²) in [6.45, 7) is 5.97. The molecule has 0 amide bonds. The number of nitrogens with one attached hydrogen (secondary N) is 2. The summed E-state index contributed by atoms with van der Waals surface area (Å²) in [4.78, 5) is 0. The largest absolute Gasteiger partial charge is 0.314 e. The van der Waals surface area contributed by atoms with Crippen LogP contribution in [0, 0.1) is 5.92 Å². The summed E-state index contributed by atoms with van der Waals surface area (Å²) >= 11 is 0. The molecule has 0 radical (unpaired) electrons. The van der Waals surface area contributed by atoms with Crippen molar-refractivity contribution in [3.05, 3.63) is 0 Å². The van der Waals surface area contributed by atoms with Gasteiger partial charge in [-0.25, -0.2) is 0 Å². The van der Waals surface area contributed by atoms with Gasteiger partial charge in [0.1, 0.15) is 0 Å². The Hall–Kier alpha value is -0.0800. The highest BCUT2D eigenvalue weighted by atomic mass is 15.0. The normalized spacial score (nSPS) is 30.8. The monoisotopic (exact) mass is 224 g/mol. The molecule has 2 rings (SSSR count). The zero-order valence-corrected chi connectivity index (χ0v) is 11.0. The van der Waals surface area contributed by atoms with E-state index in [9.17, 15) is 0 Å². The Kier molecular flexibility index (Phi) is 4.66. The van der Waals surface area contributed by atoms with E-state index >= 15 is 0 Å². The SMILES string of the molecule is CC(CC1CCCN1)N[C@@H](C)C1CCCC1. The smallest absolute Gasteiger partial charge is 0.00822 e. The standard InChI is InChI=1S/C14H28N2/c1-11(10-14-8-5-9-15-14)16-12(2)13-6-3-4-7-13/h11-16H,3-10H2,1-2H3/t11?,12-,14?/m0/s1. The molecular formula is C14H28N2. The van der Waals surface area contributed by atoms with Crippen LogP contribution < -0.4 is 10.6 Å². The zero-order chi connectivity index (χ0) is 11.4. The van der Waals surface area contributed by atoms with Crippen LogP contribution in [0.15, 0.2) is 0 Å². The molecule has 2 nitrogen and oxygen atoms in total. The minimum Gasteiger partial charge on any atom is -0.314 e. The highest BCUT2D eigenvalue weighted by Gasteiger charge is 2.23. The van der Waals surface area contributed by atoms with Crippen LogP contribution in [0.2, 0.25) is 0 Å². The molecular weight excluding hydrogens is 196 g/mol. The Morgan fingerprint density at radius 3 is 2.50 bits per heavy atom. The van der Waals surface area contributed by atoms with Crippen LogP contribution in [-0.2, 0) is 0 Å². The molecule has 1 saturated heterocycles. The fourth-order valence-corrected chi connectivity index (χ4v) is 3.49. The van der Waals surface area contributed by atoms with Crippen LogP contribution in [-0.4, -0.2) is 24.7 Å². The molecule has 2 aliphatic rings. The van der Waals surface area contributed by atoms with Gasteiger partial charge in [-0.3, -0.25) is 0 Å². The Labute approximate surface area is 101 Å². The second kappa shape index (κ2) is 6.02. The van der Waals surface area contributed by atoms with Gasteiger partial charge in [0, 0.05) is 18.1 Å². The molecule has 2 N–H and O–H groups in total. The predicted octanol–water partition coefficient (Wildman–Crippen LogP) is 2.69. The van der Waals surface area contributed by atoms with E-state index in [1.807, 2.05) is 0 Å². The lowest BCUT2D eigenvalue weighted by atomic mass is 9.98. The minimum atomic E-state index is 0.672. The molecule has 2 fully saturated rings. The summed E-state index contributed by atoms with van der Waals surface area (Å²) in [5, 5.41) is 7.40. The fourth-order valence-electron chi connectivity index (χ4n) is 3.49. The Bertz CT molecular complexity index is 193. The Morgan fingerprint density at radius 1 is 1.12 bits per heavy atom. The first-order valence-corrected chi connectivity index (χ1v) is 7.25. The number of hydrogen-bond acceptors (Lipinski definition) is 2. The summed E-state index contributed by atoms with van der Waals surface area (Å²) in [6, 6.07) is 2.17. The summed E-state index contributed by atoms with van der Waals surface area (Å²) in [5.41, 5.74) is 0. The molecule has 0 spiro atoms. The molecule has 2 heteroatoms. The highest BCUT2D eigenvalue weighted by Crippen LogP contribution is 2.27. The van der Waals surface area contributed by atoms with Crippen molar-refractivity contribution in [3.63, 3.8) is 0 Å². The van der Waals surface area contributed by atoms with E-state index in [2.05, 4.69) is 24.5 Å². The van der Waals surface area contributed by atoms with Crippen molar-refractivity contribution in [2.75, 3.05) is 6.54 Å². The van der Waals surface area contributed by atoms with E-state index in [0.29, 0.717) is 6.04 Å². The summed E-state index contributed by atoms with van der Waals surface area (Å²) < 4.78 is 0. The third-order valence-corrected chi connectivity index (χ3v) is 4.45. The number of rotatable bonds is 5. The van der Waals surface area contributed by atoms with Crippen molar-refractivity contribution in [3.8, 4) is 0 Å². The fraction of sp³-hybridized carbons (Fsp3) is 1.00. The Balaban J connectivity index is 1.66. The third kappa shape index (κ3) is 3.46. The summed E-state index contributed by atoms with van der Waals surface area (Å²) in [6.07, 6.45) is 9.85. The van der Waals surface area contributed by atoms with E-state index in [0.717, 1.165) is 18.0 Å². The van der Waals surface area contributed by atoms with Crippen LogP contribution in [0.5, 0.6) is 0 Å². The van der Waals surface area contributed by atoms with E-state index in [1.165, 1.54) is 51.5 Å². The first kappa shape index (κ1) is 12.4. The summed E-state index contributed by atoms with van der Waals surface area (Å²) in [5.74, 6) is 0.944. The van der Waals surface area contributed by atoms with E-state index in [-0.39, 0.29) is 0 Å².